The number of nitrogens with zero attached hydrogens (tertiary/aromatic N) is 2. The van der Waals surface area contributed by atoms with E-state index in [0.29, 0.717) is 18.8 Å². The number of carbonyl (C=O) groups is 2. The smallest absolute Gasteiger partial charge is 0.446 e. The molecule has 9 heteroatoms. The monoisotopic (exact) mass is 438 g/mol. The maximum Gasteiger partial charge on any atom is 0.446 e. The molecule has 3 rings (SSSR count). The summed E-state index contributed by atoms with van der Waals surface area (Å²) < 4.78 is 43.5. The molecule has 160 valence electrons. The first-order valence-corrected chi connectivity index (χ1v) is 10.1. The van der Waals surface area contributed by atoms with E-state index in [4.69, 9.17) is 4.74 Å². The molecule has 0 N–H and O–H groups in total. The molecule has 2 amide bonds. The zero-order valence-electron chi connectivity index (χ0n) is 16.3. The summed E-state index contributed by atoms with van der Waals surface area (Å²) in [5.74, 6) is 0.150. The molecule has 0 aliphatic carbocycles. The standard InChI is InChI=1S/C21H21F3N2O3S/c1-29-16-6-4-5-15(13-16)14-19(27)25-9-11-26(12-10-25)20(28)17-7-2-3-8-18(17)30-21(22,23)24/h2-8,13H,9-12,14H2,1H3. The minimum Gasteiger partial charge on any atom is -0.497 e. The lowest BCUT2D eigenvalue weighted by molar-refractivity contribution is -0.131. The van der Waals surface area contributed by atoms with Crippen LogP contribution in [-0.4, -0.2) is 60.4 Å². The predicted octanol–water partition coefficient (Wildman–Crippen LogP) is 3.83. The van der Waals surface area contributed by atoms with Crippen LogP contribution in [0.4, 0.5) is 13.2 Å². The Balaban J connectivity index is 1.60. The SMILES string of the molecule is COc1cccc(CC(=O)N2CCN(C(=O)c3ccccc3SC(F)(F)F)CC2)c1. The lowest BCUT2D eigenvalue weighted by atomic mass is 10.1. The molecule has 1 heterocycles. The molecular weight excluding hydrogens is 417 g/mol. The molecule has 1 fully saturated rings. The zero-order chi connectivity index (χ0) is 21.7. The van der Waals surface area contributed by atoms with Crippen molar-refractivity contribution in [2.45, 2.75) is 16.8 Å². The van der Waals surface area contributed by atoms with Gasteiger partial charge in [0.2, 0.25) is 5.91 Å². The quantitative estimate of drug-likeness (QED) is 0.666. The largest absolute Gasteiger partial charge is 0.497 e. The van der Waals surface area contributed by atoms with E-state index >= 15 is 0 Å². The fourth-order valence-electron chi connectivity index (χ4n) is 3.26. The van der Waals surface area contributed by atoms with E-state index in [2.05, 4.69) is 0 Å². The fraction of sp³-hybridized carbons (Fsp3) is 0.333. The van der Waals surface area contributed by atoms with Gasteiger partial charge in [-0.05, 0) is 41.6 Å². The van der Waals surface area contributed by atoms with Gasteiger partial charge in [0.1, 0.15) is 5.75 Å². The van der Waals surface area contributed by atoms with Gasteiger partial charge in [0.25, 0.3) is 5.91 Å². The molecular formula is C21H21F3N2O3S. The molecule has 0 saturated carbocycles. The van der Waals surface area contributed by atoms with Crippen LogP contribution in [-0.2, 0) is 11.2 Å². The van der Waals surface area contributed by atoms with Crippen LogP contribution in [0.1, 0.15) is 15.9 Å². The van der Waals surface area contributed by atoms with Crippen molar-refractivity contribution in [3.8, 4) is 5.75 Å². The van der Waals surface area contributed by atoms with Gasteiger partial charge in [-0.25, -0.2) is 0 Å². The third-order valence-electron chi connectivity index (χ3n) is 4.75. The summed E-state index contributed by atoms with van der Waals surface area (Å²) in [7, 11) is 1.56. The molecule has 0 atom stereocenters. The second-order valence-electron chi connectivity index (χ2n) is 6.75. The minimum absolute atomic E-state index is 0.0241. The molecule has 0 spiro atoms. The highest BCUT2D eigenvalue weighted by Gasteiger charge is 2.32. The van der Waals surface area contributed by atoms with Gasteiger partial charge in [0.15, 0.2) is 0 Å². The van der Waals surface area contributed by atoms with E-state index in [1.54, 1.807) is 30.2 Å². The number of ether oxygens (including phenoxy) is 1. The number of benzene rings is 2. The van der Waals surface area contributed by atoms with Gasteiger partial charge < -0.3 is 14.5 Å². The number of piperazine rings is 1. The van der Waals surface area contributed by atoms with Crippen molar-refractivity contribution in [2.75, 3.05) is 33.3 Å². The Bertz CT molecular complexity index is 912. The Hall–Kier alpha value is -2.68. The van der Waals surface area contributed by atoms with Crippen molar-refractivity contribution >= 4 is 23.6 Å². The van der Waals surface area contributed by atoms with Crippen LogP contribution in [0.5, 0.6) is 5.75 Å². The lowest BCUT2D eigenvalue weighted by Gasteiger charge is -2.35. The van der Waals surface area contributed by atoms with Gasteiger partial charge >= 0.3 is 5.51 Å². The van der Waals surface area contributed by atoms with E-state index in [0.717, 1.165) is 5.56 Å². The van der Waals surface area contributed by atoms with Crippen molar-refractivity contribution in [2.24, 2.45) is 0 Å². The average Bonchev–Trinajstić information content (AvgIpc) is 2.73. The maximum absolute atomic E-state index is 12.8. The van der Waals surface area contributed by atoms with E-state index in [1.165, 1.54) is 23.1 Å². The van der Waals surface area contributed by atoms with Crippen LogP contribution in [0, 0.1) is 0 Å². The molecule has 30 heavy (non-hydrogen) atoms. The summed E-state index contributed by atoms with van der Waals surface area (Å²) >= 11 is -0.293. The Labute approximate surface area is 176 Å². The average molecular weight is 438 g/mol. The summed E-state index contributed by atoms with van der Waals surface area (Å²) in [4.78, 5) is 28.4. The molecule has 0 unspecified atom stereocenters. The van der Waals surface area contributed by atoms with Crippen molar-refractivity contribution in [1.29, 1.82) is 0 Å². The normalized spacial score (nSPS) is 14.5. The van der Waals surface area contributed by atoms with Crippen molar-refractivity contribution in [3.63, 3.8) is 0 Å². The Morgan fingerprint density at radius 1 is 1.00 bits per heavy atom. The van der Waals surface area contributed by atoms with Gasteiger partial charge in [0, 0.05) is 31.1 Å². The number of methoxy groups -OCH3 is 1. The molecule has 0 aromatic heterocycles. The van der Waals surface area contributed by atoms with E-state index in [-0.39, 0.29) is 47.6 Å². The Morgan fingerprint density at radius 3 is 2.33 bits per heavy atom. The predicted molar refractivity (Wildman–Crippen MR) is 108 cm³/mol. The van der Waals surface area contributed by atoms with Crippen LogP contribution in [0.25, 0.3) is 0 Å². The first kappa shape index (κ1) is 22.0. The molecule has 2 aromatic rings. The summed E-state index contributed by atoms with van der Waals surface area (Å²) in [5.41, 5.74) is -3.62. The molecule has 0 bridgehead atoms. The van der Waals surface area contributed by atoms with Crippen molar-refractivity contribution in [1.82, 2.24) is 9.80 Å². The van der Waals surface area contributed by atoms with Gasteiger partial charge in [0.05, 0.1) is 19.1 Å². The minimum atomic E-state index is -4.47. The first-order valence-electron chi connectivity index (χ1n) is 9.31. The number of alkyl halides is 3. The van der Waals surface area contributed by atoms with Crippen LogP contribution in [0.15, 0.2) is 53.4 Å². The molecule has 0 radical (unpaired) electrons. The summed E-state index contributed by atoms with van der Waals surface area (Å²) in [5, 5.41) is 0. The number of carbonyl (C=O) groups excluding carboxylic acids is 2. The molecule has 5 nitrogen and oxygen atoms in total. The number of halogens is 3. The topological polar surface area (TPSA) is 49.9 Å². The Kier molecular flexibility index (Phi) is 6.91. The number of amides is 2. The number of rotatable bonds is 5. The zero-order valence-corrected chi connectivity index (χ0v) is 17.1. The molecule has 1 aliphatic heterocycles. The highest BCUT2D eigenvalue weighted by Crippen LogP contribution is 2.38. The first-order chi connectivity index (χ1) is 14.3. The van der Waals surface area contributed by atoms with Crippen LogP contribution < -0.4 is 4.74 Å². The fourth-order valence-corrected chi connectivity index (χ4v) is 3.92. The van der Waals surface area contributed by atoms with E-state index in [9.17, 15) is 22.8 Å². The number of thioether (sulfide) groups is 1. The van der Waals surface area contributed by atoms with Gasteiger partial charge in [-0.1, -0.05) is 24.3 Å². The van der Waals surface area contributed by atoms with Gasteiger partial charge in [-0.15, -0.1) is 0 Å². The van der Waals surface area contributed by atoms with Crippen LogP contribution in [0.3, 0.4) is 0 Å². The van der Waals surface area contributed by atoms with Crippen molar-refractivity contribution < 1.29 is 27.5 Å². The maximum atomic E-state index is 12.8. The second kappa shape index (κ2) is 9.42. The third kappa shape index (κ3) is 5.69. The van der Waals surface area contributed by atoms with Crippen LogP contribution in [0.2, 0.25) is 0 Å². The highest BCUT2D eigenvalue weighted by atomic mass is 32.2. The van der Waals surface area contributed by atoms with Crippen LogP contribution >= 0.6 is 11.8 Å². The Morgan fingerprint density at radius 2 is 1.67 bits per heavy atom. The molecule has 1 aliphatic rings. The van der Waals surface area contributed by atoms with Gasteiger partial charge in [-0.2, -0.15) is 13.2 Å². The highest BCUT2D eigenvalue weighted by molar-refractivity contribution is 8.00. The third-order valence-corrected chi connectivity index (χ3v) is 5.56. The summed E-state index contributed by atoms with van der Waals surface area (Å²) in [6, 6.07) is 13.0. The second-order valence-corrected chi connectivity index (χ2v) is 7.85. The number of hydrogen-bond acceptors (Lipinski definition) is 4. The number of hydrogen-bond donors (Lipinski definition) is 0. The van der Waals surface area contributed by atoms with E-state index in [1.807, 2.05) is 12.1 Å². The van der Waals surface area contributed by atoms with Crippen molar-refractivity contribution in [3.05, 3.63) is 59.7 Å². The van der Waals surface area contributed by atoms with Gasteiger partial charge in [-0.3, -0.25) is 9.59 Å². The molecule has 2 aromatic carbocycles. The molecule has 1 saturated heterocycles. The summed E-state index contributed by atoms with van der Waals surface area (Å²) in [6.07, 6.45) is 0.218. The van der Waals surface area contributed by atoms with E-state index < -0.39 is 11.4 Å². The lowest BCUT2D eigenvalue weighted by Crippen LogP contribution is -2.51. The summed E-state index contributed by atoms with van der Waals surface area (Å²) in [6.45, 7) is 1.22.